The van der Waals surface area contributed by atoms with Gasteiger partial charge in [0.15, 0.2) is 0 Å². The van der Waals surface area contributed by atoms with Gasteiger partial charge in [-0.2, -0.15) is 17.4 Å². The predicted molar refractivity (Wildman–Crippen MR) is 131 cm³/mol. The van der Waals surface area contributed by atoms with Gasteiger partial charge in [-0.3, -0.25) is 9.78 Å². The molecule has 1 aromatic heterocycles. The number of hydrogen-bond donors (Lipinski definition) is 4. The fourth-order valence-corrected chi connectivity index (χ4v) is 4.51. The summed E-state index contributed by atoms with van der Waals surface area (Å²) in [5.41, 5.74) is -0.148. The molecule has 0 saturated heterocycles. The van der Waals surface area contributed by atoms with Crippen molar-refractivity contribution >= 4 is 34.5 Å². The highest BCUT2D eigenvalue weighted by atomic mass is 32.2. The van der Waals surface area contributed by atoms with Crippen LogP contribution in [0.5, 0.6) is 5.75 Å². The van der Waals surface area contributed by atoms with Gasteiger partial charge in [-0.15, -0.1) is 0 Å². The third-order valence-electron chi connectivity index (χ3n) is 4.57. The number of phenolic OH excluding ortho intramolecular Hbond substituents is 1. The first kappa shape index (κ1) is 27.6. The lowest BCUT2D eigenvalue weighted by Crippen LogP contribution is -2.58. The van der Waals surface area contributed by atoms with E-state index in [1.165, 1.54) is 30.5 Å². The number of esters is 1. The van der Waals surface area contributed by atoms with Gasteiger partial charge in [-0.25, -0.2) is 13.2 Å². The number of aromatic hydroxyl groups is 1. The maximum Gasteiger partial charge on any atom is 0.329 e. The fourth-order valence-electron chi connectivity index (χ4n) is 2.94. The monoisotopic (exact) mass is 509 g/mol. The number of sulfonamides is 1. The van der Waals surface area contributed by atoms with E-state index in [2.05, 4.69) is 27.7 Å². The Morgan fingerprint density at radius 3 is 2.24 bits per heavy atom. The number of rotatable bonds is 9. The van der Waals surface area contributed by atoms with Crippen LogP contribution in [0.4, 0.5) is 0 Å². The van der Waals surface area contributed by atoms with E-state index in [0.29, 0.717) is 5.56 Å². The van der Waals surface area contributed by atoms with Gasteiger partial charge in [0, 0.05) is 23.6 Å². The van der Waals surface area contributed by atoms with Crippen molar-refractivity contribution in [3.05, 3.63) is 54.4 Å². The molecule has 3 N–H and O–H groups in total. The quantitative estimate of drug-likeness (QED) is 0.301. The van der Waals surface area contributed by atoms with Crippen LogP contribution in [0.15, 0.2) is 53.7 Å². The number of thiol groups is 1. The van der Waals surface area contributed by atoms with Crippen molar-refractivity contribution in [3.63, 3.8) is 0 Å². The van der Waals surface area contributed by atoms with E-state index in [-0.39, 0.29) is 17.1 Å². The largest absolute Gasteiger partial charge is 0.508 e. The average Bonchev–Trinajstić information content (AvgIpc) is 2.71. The third kappa shape index (κ3) is 8.30. The maximum atomic E-state index is 13.3. The zero-order valence-corrected chi connectivity index (χ0v) is 21.5. The summed E-state index contributed by atoms with van der Waals surface area (Å²) in [6.45, 7) is 8.26. The minimum absolute atomic E-state index is 0.0586. The molecule has 1 aromatic carbocycles. The summed E-state index contributed by atoms with van der Waals surface area (Å²) < 4.78 is 32.4. The van der Waals surface area contributed by atoms with Crippen LogP contribution in [0, 0.1) is 0 Å². The van der Waals surface area contributed by atoms with Crippen molar-refractivity contribution in [2.24, 2.45) is 0 Å². The first-order valence-electron chi connectivity index (χ1n) is 10.5. The van der Waals surface area contributed by atoms with Gasteiger partial charge < -0.3 is 15.2 Å². The number of ether oxygens (including phenoxy) is 1. The van der Waals surface area contributed by atoms with E-state index in [1.807, 2.05) is 0 Å². The molecule has 0 unspecified atom stereocenters. The van der Waals surface area contributed by atoms with Crippen LogP contribution < -0.4 is 10.0 Å². The molecule has 2 rings (SSSR count). The number of amides is 1. The molecule has 0 aliphatic heterocycles. The molecule has 0 bridgehead atoms. The van der Waals surface area contributed by atoms with E-state index in [1.54, 1.807) is 46.8 Å². The van der Waals surface area contributed by atoms with E-state index >= 15 is 0 Å². The number of hydrogen-bond acceptors (Lipinski definition) is 8. The molecular formula is C23H31N3O6S2. The number of phenols is 1. The van der Waals surface area contributed by atoms with E-state index in [9.17, 15) is 23.1 Å². The van der Waals surface area contributed by atoms with Gasteiger partial charge in [-0.05, 0) is 64.4 Å². The van der Waals surface area contributed by atoms with Crippen LogP contribution >= 0.6 is 12.6 Å². The zero-order valence-electron chi connectivity index (χ0n) is 19.8. The lowest BCUT2D eigenvalue weighted by atomic mass is 10.0. The molecular weight excluding hydrogens is 478 g/mol. The highest BCUT2D eigenvalue weighted by Crippen LogP contribution is 2.21. The van der Waals surface area contributed by atoms with Crippen LogP contribution in [0.1, 0.15) is 40.2 Å². The Balaban J connectivity index is 2.32. The van der Waals surface area contributed by atoms with Crippen LogP contribution in [0.2, 0.25) is 0 Å². The number of aromatic nitrogens is 1. The second-order valence-corrected chi connectivity index (χ2v) is 12.2. The third-order valence-corrected chi connectivity index (χ3v) is 6.24. The SMILES string of the molecule is CC(C)(C)OC(=O)[C@H](Cc1ccc(O)cc1)NC(=O)[C@@H](NS(=O)(=O)c1cccnc1)C(C)(C)S. The molecule has 0 aliphatic rings. The molecule has 186 valence electrons. The molecule has 0 radical (unpaired) electrons. The standard InChI is InChI=1S/C23H31N3O6S2/c1-22(2,3)32-21(29)18(13-15-8-10-16(27)11-9-15)25-20(28)19(23(4,5)33)26-34(30,31)17-7-6-12-24-14-17/h6-12,14,18-19,26-27,33H,13H2,1-5H3,(H,25,28)/t18-,19+/m0/s1. The number of benzene rings is 1. The van der Waals surface area contributed by atoms with Gasteiger partial charge in [0.25, 0.3) is 0 Å². The highest BCUT2D eigenvalue weighted by molar-refractivity contribution is 7.89. The van der Waals surface area contributed by atoms with Crippen molar-refractivity contribution in [1.29, 1.82) is 0 Å². The number of pyridine rings is 1. The molecule has 34 heavy (non-hydrogen) atoms. The van der Waals surface area contributed by atoms with Crippen molar-refractivity contribution in [3.8, 4) is 5.75 Å². The second-order valence-electron chi connectivity index (χ2n) is 9.36. The Morgan fingerprint density at radius 1 is 1.12 bits per heavy atom. The molecule has 11 heteroatoms. The predicted octanol–water partition coefficient (Wildman–Crippen LogP) is 2.21. The van der Waals surface area contributed by atoms with Gasteiger partial charge in [0.1, 0.15) is 28.3 Å². The van der Waals surface area contributed by atoms with Gasteiger partial charge in [-0.1, -0.05) is 12.1 Å². The summed E-state index contributed by atoms with van der Waals surface area (Å²) in [6, 6.07) is 6.53. The summed E-state index contributed by atoms with van der Waals surface area (Å²) in [6.07, 6.45) is 2.66. The van der Waals surface area contributed by atoms with Gasteiger partial charge in [0.05, 0.1) is 0 Å². The number of nitrogens with zero attached hydrogens (tertiary/aromatic N) is 1. The second kappa shape index (κ2) is 10.7. The van der Waals surface area contributed by atoms with E-state index < -0.39 is 44.3 Å². The normalized spacial score (nSPS) is 14.2. The minimum Gasteiger partial charge on any atom is -0.508 e. The first-order valence-corrected chi connectivity index (χ1v) is 12.5. The molecule has 0 aliphatic carbocycles. The number of carbonyl (C=O) groups excluding carboxylic acids is 2. The number of nitrogens with one attached hydrogen (secondary N) is 2. The molecule has 9 nitrogen and oxygen atoms in total. The first-order chi connectivity index (χ1) is 15.6. The van der Waals surface area contributed by atoms with E-state index in [0.717, 1.165) is 6.20 Å². The Kier molecular flexibility index (Phi) is 8.73. The van der Waals surface area contributed by atoms with Crippen LogP contribution in [0.3, 0.4) is 0 Å². The van der Waals surface area contributed by atoms with Crippen LogP contribution in [-0.2, 0) is 30.8 Å². The lowest BCUT2D eigenvalue weighted by molar-refractivity contribution is -0.158. The van der Waals surface area contributed by atoms with Gasteiger partial charge >= 0.3 is 5.97 Å². The smallest absolute Gasteiger partial charge is 0.329 e. The zero-order chi connectivity index (χ0) is 25.7. The Bertz CT molecular complexity index is 1090. The maximum absolute atomic E-state index is 13.3. The van der Waals surface area contributed by atoms with Crippen molar-refractivity contribution in [2.45, 2.75) is 68.4 Å². The molecule has 2 atom stereocenters. The van der Waals surface area contributed by atoms with Crippen molar-refractivity contribution < 1.29 is 27.9 Å². The topological polar surface area (TPSA) is 135 Å². The fraction of sp³-hybridized carbons (Fsp3) is 0.435. The summed E-state index contributed by atoms with van der Waals surface area (Å²) in [7, 11) is -4.10. The molecule has 0 fully saturated rings. The van der Waals surface area contributed by atoms with Crippen molar-refractivity contribution in [1.82, 2.24) is 15.0 Å². The Hall–Kier alpha value is -2.63. The molecule has 2 aromatic rings. The summed E-state index contributed by atoms with van der Waals surface area (Å²) in [4.78, 5) is 29.9. The summed E-state index contributed by atoms with van der Waals surface area (Å²) >= 11 is 4.42. The summed E-state index contributed by atoms with van der Waals surface area (Å²) in [5.74, 6) is -1.37. The summed E-state index contributed by atoms with van der Waals surface area (Å²) in [5, 5.41) is 12.1. The Morgan fingerprint density at radius 2 is 1.74 bits per heavy atom. The van der Waals surface area contributed by atoms with Crippen molar-refractivity contribution in [2.75, 3.05) is 0 Å². The Labute approximate surface area is 205 Å². The molecule has 0 spiro atoms. The molecule has 1 heterocycles. The molecule has 0 saturated carbocycles. The lowest BCUT2D eigenvalue weighted by Gasteiger charge is -2.31. The molecule has 1 amide bonds. The van der Waals surface area contributed by atoms with Crippen LogP contribution in [0.25, 0.3) is 0 Å². The highest BCUT2D eigenvalue weighted by Gasteiger charge is 2.38. The van der Waals surface area contributed by atoms with Crippen LogP contribution in [-0.4, -0.2) is 52.8 Å². The minimum atomic E-state index is -4.10. The van der Waals surface area contributed by atoms with Gasteiger partial charge in [0.2, 0.25) is 15.9 Å². The average molecular weight is 510 g/mol. The van der Waals surface area contributed by atoms with E-state index in [4.69, 9.17) is 4.74 Å². The number of carbonyl (C=O) groups is 2.